The third kappa shape index (κ3) is 7.45. The molecule has 0 spiro atoms. The predicted molar refractivity (Wildman–Crippen MR) is 148 cm³/mol. The van der Waals surface area contributed by atoms with Crippen LogP contribution in [0.4, 0.5) is 0 Å². The second-order valence-electron chi connectivity index (χ2n) is 9.79. The molecule has 194 valence electrons. The summed E-state index contributed by atoms with van der Waals surface area (Å²) in [6.45, 7) is 10.7. The fourth-order valence-electron chi connectivity index (χ4n) is 4.99. The molecule has 2 heterocycles. The number of aliphatic hydroxyl groups is 1. The Hall–Kier alpha value is -2.09. The molecule has 1 aliphatic heterocycles. The van der Waals surface area contributed by atoms with Gasteiger partial charge in [0.15, 0.2) is 0 Å². The van der Waals surface area contributed by atoms with Crippen LogP contribution >= 0.6 is 11.3 Å². The van der Waals surface area contributed by atoms with Gasteiger partial charge in [0.25, 0.3) is 0 Å². The number of hydrogen-bond donors (Lipinski definition) is 3. The maximum atomic E-state index is 9.72. The van der Waals surface area contributed by atoms with E-state index in [9.17, 15) is 5.11 Å². The summed E-state index contributed by atoms with van der Waals surface area (Å²) < 4.78 is 1.20. The highest BCUT2D eigenvalue weighted by Gasteiger charge is 2.32. The number of hydrogen-bond acceptors (Lipinski definition) is 7. The molecule has 3 atom stereocenters. The number of fused-ring (bicyclic) bond motifs is 1. The minimum Gasteiger partial charge on any atom is -0.401 e. The van der Waals surface area contributed by atoms with Crippen molar-refractivity contribution in [3.63, 3.8) is 0 Å². The van der Waals surface area contributed by atoms with Crippen LogP contribution in [0.2, 0.25) is 0 Å². The third-order valence-corrected chi connectivity index (χ3v) is 8.43. The molecule has 5 rings (SSSR count). The van der Waals surface area contributed by atoms with Gasteiger partial charge in [-0.25, -0.2) is 10.8 Å². The summed E-state index contributed by atoms with van der Waals surface area (Å²) >= 11 is 1.70. The Balaban J connectivity index is 0.000000183. The number of hydrazine groups is 1. The molecule has 3 aliphatic rings. The molecule has 6 nitrogen and oxygen atoms in total. The first-order chi connectivity index (χ1) is 17.0. The average molecular weight is 500 g/mol. The smallest absolute Gasteiger partial charge is 0.116 e. The first kappa shape index (κ1) is 27.5. The van der Waals surface area contributed by atoms with Gasteiger partial charge in [0, 0.05) is 36.8 Å². The second-order valence-corrected chi connectivity index (χ2v) is 10.9. The summed E-state index contributed by atoms with van der Waals surface area (Å²) in [6.07, 6.45) is 13.5. The fourth-order valence-corrected chi connectivity index (χ4v) is 6.09. The van der Waals surface area contributed by atoms with Crippen molar-refractivity contribution in [2.75, 3.05) is 6.54 Å². The van der Waals surface area contributed by atoms with Gasteiger partial charge in [-0.05, 0) is 56.9 Å². The number of rotatable bonds is 6. The number of benzene rings is 1. The lowest BCUT2D eigenvalue weighted by Gasteiger charge is -2.33. The monoisotopic (exact) mass is 499 g/mol. The lowest BCUT2D eigenvalue weighted by molar-refractivity contribution is 0.178. The van der Waals surface area contributed by atoms with Gasteiger partial charge in [0.05, 0.1) is 22.4 Å². The van der Waals surface area contributed by atoms with Gasteiger partial charge in [-0.2, -0.15) is 0 Å². The molecule has 2 aromatic rings. The van der Waals surface area contributed by atoms with Gasteiger partial charge >= 0.3 is 0 Å². The van der Waals surface area contributed by atoms with Crippen molar-refractivity contribution in [1.82, 2.24) is 14.9 Å². The van der Waals surface area contributed by atoms with E-state index in [1.54, 1.807) is 17.5 Å². The zero-order valence-electron chi connectivity index (χ0n) is 21.8. The largest absolute Gasteiger partial charge is 0.401 e. The van der Waals surface area contributed by atoms with Crippen molar-refractivity contribution in [3.05, 3.63) is 53.9 Å². The van der Waals surface area contributed by atoms with E-state index >= 15 is 0 Å². The highest BCUT2D eigenvalue weighted by molar-refractivity contribution is 7.18. The van der Waals surface area contributed by atoms with Crippen molar-refractivity contribution >= 4 is 21.6 Å². The van der Waals surface area contributed by atoms with Gasteiger partial charge in [-0.3, -0.25) is 0 Å². The second kappa shape index (κ2) is 13.3. The van der Waals surface area contributed by atoms with Gasteiger partial charge < -0.3 is 20.7 Å². The third-order valence-electron chi connectivity index (χ3n) is 7.30. The van der Waals surface area contributed by atoms with Crippen molar-refractivity contribution in [1.29, 1.82) is 0 Å². The molecule has 1 saturated heterocycles. The molecule has 35 heavy (non-hydrogen) atoms. The Kier molecular flexibility index (Phi) is 10.4. The number of aliphatic hydroxyl groups excluding tert-OH is 1. The molecule has 7 heteroatoms. The summed E-state index contributed by atoms with van der Waals surface area (Å²) in [7, 11) is 0. The number of para-hydroxylation sites is 1. The van der Waals surface area contributed by atoms with Gasteiger partial charge in [-0.15, -0.1) is 11.3 Å². The van der Waals surface area contributed by atoms with Crippen LogP contribution in [0.15, 0.2) is 48.9 Å². The fraction of sp³-hybridized carbons (Fsp3) is 0.607. The van der Waals surface area contributed by atoms with E-state index in [-0.39, 0.29) is 12.1 Å². The molecule has 1 aromatic carbocycles. The number of allylic oxidation sites excluding steroid dienone is 1. The van der Waals surface area contributed by atoms with E-state index in [0.717, 1.165) is 28.6 Å². The predicted octanol–water partition coefficient (Wildman–Crippen LogP) is 5.91. The van der Waals surface area contributed by atoms with E-state index in [1.807, 2.05) is 43.3 Å². The Morgan fingerprint density at radius 2 is 1.89 bits per heavy atom. The summed E-state index contributed by atoms with van der Waals surface area (Å²) in [6, 6.07) is 8.75. The Morgan fingerprint density at radius 3 is 2.51 bits per heavy atom. The van der Waals surface area contributed by atoms with Crippen molar-refractivity contribution in [2.24, 2.45) is 23.4 Å². The zero-order chi connectivity index (χ0) is 25.4. The quantitative estimate of drug-likeness (QED) is 0.338. The lowest BCUT2D eigenvalue weighted by Crippen LogP contribution is -2.41. The molecular formula is C28H45N5OS. The summed E-state index contributed by atoms with van der Waals surface area (Å²) in [5.74, 6) is 7.46. The summed E-state index contributed by atoms with van der Waals surface area (Å²) in [5, 5.41) is 12.6. The molecular weight excluding hydrogens is 454 g/mol. The maximum Gasteiger partial charge on any atom is 0.116 e. The number of nitrogens with zero attached hydrogens (tertiary/aromatic N) is 3. The number of likely N-dealkylation sites (tertiary alicyclic amines) is 1. The maximum absolute atomic E-state index is 9.72. The summed E-state index contributed by atoms with van der Waals surface area (Å²) in [4.78, 5) is 6.72. The molecule has 1 aromatic heterocycles. The molecule has 2 aliphatic carbocycles. The normalized spacial score (nSPS) is 23.7. The van der Waals surface area contributed by atoms with E-state index in [0.29, 0.717) is 18.5 Å². The Bertz CT molecular complexity index is 917. The van der Waals surface area contributed by atoms with E-state index in [2.05, 4.69) is 29.5 Å². The molecule has 3 fully saturated rings. The van der Waals surface area contributed by atoms with Crippen LogP contribution in [0, 0.1) is 11.8 Å². The number of thiazole rings is 1. The molecule has 2 saturated carbocycles. The van der Waals surface area contributed by atoms with Crippen LogP contribution in [0.5, 0.6) is 0 Å². The molecule has 3 unspecified atom stereocenters. The lowest BCUT2D eigenvalue weighted by atomic mass is 9.84. The molecule has 0 amide bonds. The molecule has 0 bridgehead atoms. The number of aromatic nitrogens is 1. The van der Waals surface area contributed by atoms with Crippen LogP contribution in [0.3, 0.4) is 0 Å². The van der Waals surface area contributed by atoms with Crippen LogP contribution in [0.1, 0.15) is 83.2 Å². The summed E-state index contributed by atoms with van der Waals surface area (Å²) in [5.41, 5.74) is 8.00. The van der Waals surface area contributed by atoms with Crippen molar-refractivity contribution in [3.8, 4) is 0 Å². The standard InChI is InChI=1S/C13H25N3.C13H14N2OS.C2H6/c1-10(11-5-3-2-4-6-11)16(15)9-13(14)12-7-8-12;1-2-15-8-9(16)7-11(15)13-14-10-5-3-4-6-12(10)17-13;1-2/h9-12H,2-8,14-15H2,1H3;2-6,9,11,16H,1,7-8H2;1-2H3/b13-9-;;. The Morgan fingerprint density at radius 1 is 1.20 bits per heavy atom. The van der Waals surface area contributed by atoms with Crippen molar-refractivity contribution in [2.45, 2.75) is 90.3 Å². The van der Waals surface area contributed by atoms with Crippen molar-refractivity contribution < 1.29 is 5.11 Å². The average Bonchev–Trinajstić information content (AvgIpc) is 3.55. The first-order valence-corrected chi connectivity index (χ1v) is 14.2. The zero-order valence-corrected chi connectivity index (χ0v) is 22.6. The van der Waals surface area contributed by atoms with Gasteiger partial charge in [0.1, 0.15) is 5.01 Å². The van der Waals surface area contributed by atoms with E-state index in [1.165, 1.54) is 49.6 Å². The molecule has 0 radical (unpaired) electrons. The van der Waals surface area contributed by atoms with Crippen LogP contribution in [-0.4, -0.2) is 38.7 Å². The minimum absolute atomic E-state index is 0.180. The first-order valence-electron chi connectivity index (χ1n) is 13.4. The molecule has 5 N–H and O–H groups in total. The number of nitrogens with two attached hydrogens (primary N) is 2. The van der Waals surface area contributed by atoms with Gasteiger partial charge in [0.2, 0.25) is 0 Å². The van der Waals surface area contributed by atoms with E-state index in [4.69, 9.17) is 11.6 Å². The van der Waals surface area contributed by atoms with Crippen LogP contribution in [-0.2, 0) is 0 Å². The van der Waals surface area contributed by atoms with Crippen LogP contribution in [0.25, 0.3) is 10.2 Å². The van der Waals surface area contributed by atoms with Gasteiger partial charge in [-0.1, -0.05) is 51.8 Å². The minimum atomic E-state index is -0.273. The topological polar surface area (TPSA) is 91.6 Å². The SMILES string of the molecule is C=CN1CC(O)CC1c1nc2ccccc2s1.CC.CC(C1CCCCC1)N(N)/C=C(\N)C1CC1. The number of β-amino-alcohol motifs (C(OH)–C–C–N with tert-alkyl or cyclic N) is 1. The highest BCUT2D eigenvalue weighted by atomic mass is 32.1. The Labute approximate surface area is 215 Å². The van der Waals surface area contributed by atoms with E-state index < -0.39 is 0 Å². The highest BCUT2D eigenvalue weighted by Crippen LogP contribution is 2.37. The van der Waals surface area contributed by atoms with Crippen LogP contribution < -0.4 is 11.6 Å².